The highest BCUT2D eigenvalue weighted by Crippen LogP contribution is 2.17. The van der Waals surface area contributed by atoms with E-state index in [1.807, 2.05) is 0 Å². The van der Waals surface area contributed by atoms with Gasteiger partial charge in [0.25, 0.3) is 0 Å². The molecule has 1 saturated heterocycles. The molecule has 1 aliphatic rings. The molecule has 1 aromatic heterocycles. The molecule has 0 atom stereocenters. The summed E-state index contributed by atoms with van der Waals surface area (Å²) in [6.45, 7) is 1.99. The first-order valence-corrected chi connectivity index (χ1v) is 7.10. The second-order valence-electron chi connectivity index (χ2n) is 4.03. The smallest absolute Gasteiger partial charge is 0.319 e. The van der Waals surface area contributed by atoms with Crippen molar-refractivity contribution in [3.05, 3.63) is 18.2 Å². The molecular weight excluding hydrogens is 260 g/mol. The Balaban J connectivity index is 1.66. The van der Waals surface area contributed by atoms with Crippen LogP contribution in [-0.4, -0.2) is 53.1 Å². The summed E-state index contributed by atoms with van der Waals surface area (Å²) in [4.78, 5) is 6.28. The Morgan fingerprint density at radius 3 is 2.89 bits per heavy atom. The lowest BCUT2D eigenvalue weighted by molar-refractivity contribution is 0.0410. The van der Waals surface area contributed by atoms with Gasteiger partial charge < -0.3 is 4.74 Å². The van der Waals surface area contributed by atoms with E-state index in [4.69, 9.17) is 4.74 Å². The third kappa shape index (κ3) is 3.93. The SMILES string of the molecule is FC(F)n1ccnc1CSCCN1CCOCC1. The third-order valence-electron chi connectivity index (χ3n) is 2.85. The lowest BCUT2D eigenvalue weighted by Crippen LogP contribution is -2.37. The van der Waals surface area contributed by atoms with E-state index in [1.165, 1.54) is 12.4 Å². The summed E-state index contributed by atoms with van der Waals surface area (Å²) in [5.74, 6) is 1.90. The quantitative estimate of drug-likeness (QED) is 0.742. The van der Waals surface area contributed by atoms with Crippen molar-refractivity contribution in [1.29, 1.82) is 0 Å². The van der Waals surface area contributed by atoms with Gasteiger partial charge in [0.05, 0.1) is 19.0 Å². The van der Waals surface area contributed by atoms with Crippen LogP contribution in [0.5, 0.6) is 0 Å². The van der Waals surface area contributed by atoms with Gasteiger partial charge in [-0.3, -0.25) is 9.47 Å². The minimum atomic E-state index is -2.50. The van der Waals surface area contributed by atoms with Crippen molar-refractivity contribution in [1.82, 2.24) is 14.5 Å². The van der Waals surface area contributed by atoms with Crippen LogP contribution in [-0.2, 0) is 10.5 Å². The van der Waals surface area contributed by atoms with Crippen LogP contribution in [0.1, 0.15) is 12.4 Å². The fourth-order valence-corrected chi connectivity index (χ4v) is 2.75. The van der Waals surface area contributed by atoms with E-state index < -0.39 is 6.55 Å². The van der Waals surface area contributed by atoms with Gasteiger partial charge in [-0.15, -0.1) is 0 Å². The van der Waals surface area contributed by atoms with Gasteiger partial charge in [0, 0.05) is 37.8 Å². The second kappa shape index (κ2) is 7.06. The van der Waals surface area contributed by atoms with E-state index in [0.29, 0.717) is 11.6 Å². The number of alkyl halides is 2. The molecule has 0 amide bonds. The standard InChI is InChI=1S/C11H17F2N3OS/c12-11(13)16-2-1-14-10(16)9-18-8-5-15-3-6-17-7-4-15/h1-2,11H,3-9H2. The van der Waals surface area contributed by atoms with E-state index in [2.05, 4.69) is 9.88 Å². The predicted molar refractivity (Wildman–Crippen MR) is 66.9 cm³/mol. The molecule has 2 heterocycles. The highest BCUT2D eigenvalue weighted by molar-refractivity contribution is 7.98. The summed E-state index contributed by atoms with van der Waals surface area (Å²) in [5, 5.41) is 0. The van der Waals surface area contributed by atoms with Gasteiger partial charge in [-0.1, -0.05) is 0 Å². The number of thioether (sulfide) groups is 1. The molecule has 0 aliphatic carbocycles. The van der Waals surface area contributed by atoms with Crippen molar-refractivity contribution in [3.63, 3.8) is 0 Å². The average Bonchev–Trinajstić information content (AvgIpc) is 2.84. The number of ether oxygens (including phenoxy) is 1. The number of aromatic nitrogens is 2. The van der Waals surface area contributed by atoms with Gasteiger partial charge in [-0.2, -0.15) is 20.5 Å². The summed E-state index contributed by atoms with van der Waals surface area (Å²) >= 11 is 1.64. The molecule has 0 unspecified atom stereocenters. The molecule has 0 bridgehead atoms. The van der Waals surface area contributed by atoms with Crippen LogP contribution < -0.4 is 0 Å². The minimum Gasteiger partial charge on any atom is -0.379 e. The lowest BCUT2D eigenvalue weighted by atomic mass is 10.4. The average molecular weight is 277 g/mol. The molecule has 18 heavy (non-hydrogen) atoms. The summed E-state index contributed by atoms with van der Waals surface area (Å²) in [6, 6.07) is 0. The lowest BCUT2D eigenvalue weighted by Gasteiger charge is -2.26. The number of halogens is 2. The van der Waals surface area contributed by atoms with E-state index in [9.17, 15) is 8.78 Å². The number of morpholine rings is 1. The van der Waals surface area contributed by atoms with Crippen LogP contribution >= 0.6 is 11.8 Å². The van der Waals surface area contributed by atoms with Crippen LogP contribution in [0.25, 0.3) is 0 Å². The van der Waals surface area contributed by atoms with Crippen LogP contribution in [0.15, 0.2) is 12.4 Å². The molecule has 4 nitrogen and oxygen atoms in total. The van der Waals surface area contributed by atoms with Gasteiger partial charge >= 0.3 is 6.55 Å². The maximum Gasteiger partial charge on any atom is 0.319 e. The van der Waals surface area contributed by atoms with E-state index >= 15 is 0 Å². The molecular formula is C11H17F2N3OS. The number of nitrogens with zero attached hydrogens (tertiary/aromatic N) is 3. The van der Waals surface area contributed by atoms with Crippen molar-refractivity contribution in [3.8, 4) is 0 Å². The second-order valence-corrected chi connectivity index (χ2v) is 5.14. The number of hydrogen-bond donors (Lipinski definition) is 0. The number of imidazole rings is 1. The third-order valence-corrected chi connectivity index (χ3v) is 3.78. The first kappa shape index (κ1) is 13.8. The van der Waals surface area contributed by atoms with Crippen LogP contribution in [0, 0.1) is 0 Å². The maximum absolute atomic E-state index is 12.6. The Morgan fingerprint density at radius 1 is 1.39 bits per heavy atom. The zero-order chi connectivity index (χ0) is 12.8. The fourth-order valence-electron chi connectivity index (χ4n) is 1.82. The van der Waals surface area contributed by atoms with Crippen LogP contribution in [0.4, 0.5) is 8.78 Å². The molecule has 0 N–H and O–H groups in total. The molecule has 0 aromatic carbocycles. The Kier molecular flexibility index (Phi) is 5.40. The molecule has 0 radical (unpaired) electrons. The summed E-state index contributed by atoms with van der Waals surface area (Å²) < 4.78 is 31.3. The summed E-state index contributed by atoms with van der Waals surface area (Å²) in [5.41, 5.74) is 0. The van der Waals surface area contributed by atoms with Crippen molar-refractivity contribution >= 4 is 11.8 Å². The first-order valence-electron chi connectivity index (χ1n) is 5.95. The maximum atomic E-state index is 12.6. The molecule has 1 aromatic rings. The van der Waals surface area contributed by atoms with E-state index in [-0.39, 0.29) is 0 Å². The summed E-state index contributed by atoms with van der Waals surface area (Å²) in [7, 11) is 0. The fraction of sp³-hybridized carbons (Fsp3) is 0.727. The zero-order valence-electron chi connectivity index (χ0n) is 10.1. The predicted octanol–water partition coefficient (Wildman–Crippen LogP) is 1.84. The molecule has 1 aliphatic heterocycles. The van der Waals surface area contributed by atoms with Crippen LogP contribution in [0.3, 0.4) is 0 Å². The van der Waals surface area contributed by atoms with E-state index in [1.54, 1.807) is 11.8 Å². The molecule has 2 rings (SSSR count). The largest absolute Gasteiger partial charge is 0.379 e. The van der Waals surface area contributed by atoms with E-state index in [0.717, 1.165) is 43.2 Å². The number of hydrogen-bond acceptors (Lipinski definition) is 4. The molecule has 0 saturated carbocycles. The van der Waals surface area contributed by atoms with Gasteiger partial charge in [0.2, 0.25) is 0 Å². The van der Waals surface area contributed by atoms with Gasteiger partial charge in [0.1, 0.15) is 5.82 Å². The highest BCUT2D eigenvalue weighted by Gasteiger charge is 2.12. The molecule has 1 fully saturated rings. The Hall–Kier alpha value is -0.660. The van der Waals surface area contributed by atoms with Gasteiger partial charge in [0.15, 0.2) is 0 Å². The van der Waals surface area contributed by atoms with Gasteiger partial charge in [-0.05, 0) is 0 Å². The van der Waals surface area contributed by atoms with Crippen molar-refractivity contribution in [2.24, 2.45) is 0 Å². The number of rotatable bonds is 6. The molecule has 0 spiro atoms. The van der Waals surface area contributed by atoms with Gasteiger partial charge in [-0.25, -0.2) is 4.98 Å². The van der Waals surface area contributed by atoms with Crippen molar-refractivity contribution in [2.75, 3.05) is 38.6 Å². The summed E-state index contributed by atoms with van der Waals surface area (Å²) in [6.07, 6.45) is 2.74. The Morgan fingerprint density at radius 2 is 2.17 bits per heavy atom. The zero-order valence-corrected chi connectivity index (χ0v) is 10.9. The van der Waals surface area contributed by atoms with Crippen molar-refractivity contribution < 1.29 is 13.5 Å². The Labute approximate surface area is 109 Å². The highest BCUT2D eigenvalue weighted by atomic mass is 32.2. The topological polar surface area (TPSA) is 30.3 Å². The normalized spacial score (nSPS) is 17.5. The molecule has 102 valence electrons. The van der Waals surface area contributed by atoms with Crippen LogP contribution in [0.2, 0.25) is 0 Å². The Bertz CT molecular complexity index is 356. The monoisotopic (exact) mass is 277 g/mol. The molecule has 7 heteroatoms. The first-order chi connectivity index (χ1) is 8.77. The van der Waals surface area contributed by atoms with Crippen molar-refractivity contribution in [2.45, 2.75) is 12.3 Å². The minimum absolute atomic E-state index is 0.442.